The zero-order chi connectivity index (χ0) is 11.4. The van der Waals surface area contributed by atoms with E-state index in [0.29, 0.717) is 10.6 Å². The molecule has 1 nitrogen and oxygen atoms in total. The maximum Gasteiger partial charge on any atom is 0.159 e. The van der Waals surface area contributed by atoms with Crippen LogP contribution in [0.4, 0.5) is 0 Å². The maximum absolute atomic E-state index is 11.3. The molecular formula is C13H13ClO. The molecule has 0 aliphatic carbocycles. The smallest absolute Gasteiger partial charge is 0.159 e. The Morgan fingerprint density at radius 2 is 2.13 bits per heavy atom. The summed E-state index contributed by atoms with van der Waals surface area (Å²) < 4.78 is 0. The summed E-state index contributed by atoms with van der Waals surface area (Å²) in [5.41, 5.74) is 2.10. The van der Waals surface area contributed by atoms with Gasteiger partial charge in [-0.1, -0.05) is 42.5 Å². The summed E-state index contributed by atoms with van der Waals surface area (Å²) in [6.07, 6.45) is 3.82. The summed E-state index contributed by atoms with van der Waals surface area (Å²) in [5.74, 6) is -0.0612. The van der Waals surface area contributed by atoms with Crippen LogP contribution < -0.4 is 0 Å². The first-order chi connectivity index (χ1) is 7.07. The maximum atomic E-state index is 11.3. The number of ketones is 1. The number of Topliss-reactive ketones (excluding diaryl/α,β-unsaturated/α-hetero) is 1. The van der Waals surface area contributed by atoms with Crippen LogP contribution in [0.1, 0.15) is 25.0 Å². The molecule has 1 aromatic rings. The van der Waals surface area contributed by atoms with Crippen molar-refractivity contribution >= 4 is 29.0 Å². The van der Waals surface area contributed by atoms with Crippen LogP contribution in [0.25, 0.3) is 11.6 Å². The SMILES string of the molecule is C=C(C(C)=O)c1c(Cl)cccc1C=CC. The molecule has 0 heterocycles. The number of halogens is 1. The second-order valence-electron chi connectivity index (χ2n) is 3.24. The van der Waals surface area contributed by atoms with E-state index in [4.69, 9.17) is 11.6 Å². The zero-order valence-electron chi connectivity index (χ0n) is 8.88. The van der Waals surface area contributed by atoms with Gasteiger partial charge in [0.25, 0.3) is 0 Å². The van der Waals surface area contributed by atoms with Crippen LogP contribution in [0, 0.1) is 0 Å². The minimum atomic E-state index is -0.0612. The Balaban J connectivity index is 3.37. The summed E-state index contributed by atoms with van der Waals surface area (Å²) in [6.45, 7) is 7.17. The third-order valence-electron chi connectivity index (χ3n) is 2.12. The van der Waals surface area contributed by atoms with Crippen molar-refractivity contribution in [3.8, 4) is 0 Å². The quantitative estimate of drug-likeness (QED) is 0.705. The van der Waals surface area contributed by atoms with Crippen molar-refractivity contribution in [2.24, 2.45) is 0 Å². The van der Waals surface area contributed by atoms with Crippen LogP contribution in [0.2, 0.25) is 5.02 Å². The van der Waals surface area contributed by atoms with E-state index >= 15 is 0 Å². The Hall–Kier alpha value is -1.34. The highest BCUT2D eigenvalue weighted by molar-refractivity contribution is 6.35. The van der Waals surface area contributed by atoms with E-state index in [1.807, 2.05) is 31.2 Å². The molecule has 15 heavy (non-hydrogen) atoms. The normalized spacial score (nSPS) is 10.6. The van der Waals surface area contributed by atoms with Crippen molar-refractivity contribution in [3.05, 3.63) is 47.0 Å². The average molecular weight is 221 g/mol. The molecule has 78 valence electrons. The number of hydrogen-bond donors (Lipinski definition) is 0. The van der Waals surface area contributed by atoms with Gasteiger partial charge >= 0.3 is 0 Å². The summed E-state index contributed by atoms with van der Waals surface area (Å²) in [7, 11) is 0. The van der Waals surface area contributed by atoms with Crippen LogP contribution in [0.3, 0.4) is 0 Å². The van der Waals surface area contributed by atoms with Crippen LogP contribution in [0.5, 0.6) is 0 Å². The second-order valence-corrected chi connectivity index (χ2v) is 3.65. The van der Waals surface area contributed by atoms with Gasteiger partial charge < -0.3 is 0 Å². The van der Waals surface area contributed by atoms with Gasteiger partial charge in [0.2, 0.25) is 0 Å². The highest BCUT2D eigenvalue weighted by Gasteiger charge is 2.11. The van der Waals surface area contributed by atoms with E-state index in [1.54, 1.807) is 6.07 Å². The highest BCUT2D eigenvalue weighted by Crippen LogP contribution is 2.28. The predicted octanol–water partition coefficient (Wildman–Crippen LogP) is 3.98. The molecule has 0 saturated carbocycles. The number of benzene rings is 1. The predicted molar refractivity (Wildman–Crippen MR) is 65.9 cm³/mol. The van der Waals surface area contributed by atoms with E-state index in [1.165, 1.54) is 6.92 Å². The third-order valence-corrected chi connectivity index (χ3v) is 2.43. The molecule has 1 aromatic carbocycles. The molecular weight excluding hydrogens is 208 g/mol. The fourth-order valence-electron chi connectivity index (χ4n) is 1.35. The molecule has 0 spiro atoms. The van der Waals surface area contributed by atoms with Gasteiger partial charge in [0.15, 0.2) is 5.78 Å². The summed E-state index contributed by atoms with van der Waals surface area (Å²) in [5, 5.41) is 0.561. The Morgan fingerprint density at radius 1 is 1.47 bits per heavy atom. The fraction of sp³-hybridized carbons (Fsp3) is 0.154. The molecule has 1 rings (SSSR count). The number of hydrogen-bond acceptors (Lipinski definition) is 1. The van der Waals surface area contributed by atoms with Crippen LogP contribution in [-0.4, -0.2) is 5.78 Å². The Kier molecular flexibility index (Phi) is 3.87. The molecule has 0 radical (unpaired) electrons. The topological polar surface area (TPSA) is 17.1 Å². The first-order valence-corrected chi connectivity index (χ1v) is 5.07. The van der Waals surface area contributed by atoms with Crippen molar-refractivity contribution in [1.29, 1.82) is 0 Å². The Bertz CT molecular complexity index is 430. The van der Waals surface area contributed by atoms with Crippen LogP contribution in [-0.2, 0) is 4.79 Å². The number of carbonyl (C=O) groups is 1. The third kappa shape index (κ3) is 2.57. The molecule has 0 bridgehead atoms. The van der Waals surface area contributed by atoms with E-state index < -0.39 is 0 Å². The van der Waals surface area contributed by atoms with Crippen molar-refractivity contribution < 1.29 is 4.79 Å². The molecule has 0 saturated heterocycles. The first kappa shape index (κ1) is 11.7. The summed E-state index contributed by atoms with van der Waals surface area (Å²) in [6, 6.07) is 5.53. The van der Waals surface area contributed by atoms with Crippen molar-refractivity contribution in [1.82, 2.24) is 0 Å². The van der Waals surface area contributed by atoms with E-state index in [0.717, 1.165) is 11.1 Å². The molecule has 2 heteroatoms. The molecule has 0 aliphatic heterocycles. The van der Waals surface area contributed by atoms with Crippen molar-refractivity contribution in [2.45, 2.75) is 13.8 Å². The second kappa shape index (κ2) is 4.94. The lowest BCUT2D eigenvalue weighted by Crippen LogP contribution is -1.97. The molecule has 0 N–H and O–H groups in total. The van der Waals surface area contributed by atoms with Gasteiger partial charge in [-0.25, -0.2) is 0 Å². The van der Waals surface area contributed by atoms with Gasteiger partial charge in [-0.2, -0.15) is 0 Å². The Labute approximate surface area is 95.1 Å². The lowest BCUT2D eigenvalue weighted by Gasteiger charge is -2.08. The number of rotatable bonds is 3. The molecule has 0 aliphatic rings. The van der Waals surface area contributed by atoms with E-state index in [-0.39, 0.29) is 5.78 Å². The van der Waals surface area contributed by atoms with Crippen molar-refractivity contribution in [3.63, 3.8) is 0 Å². The van der Waals surface area contributed by atoms with Gasteiger partial charge in [0.1, 0.15) is 0 Å². The lowest BCUT2D eigenvalue weighted by atomic mass is 9.98. The lowest BCUT2D eigenvalue weighted by molar-refractivity contribution is -0.111. The largest absolute Gasteiger partial charge is 0.295 e. The molecule has 0 unspecified atom stereocenters. The van der Waals surface area contributed by atoms with Gasteiger partial charge in [-0.3, -0.25) is 4.79 Å². The van der Waals surface area contributed by atoms with Crippen LogP contribution in [0.15, 0.2) is 30.9 Å². The zero-order valence-corrected chi connectivity index (χ0v) is 9.64. The van der Waals surface area contributed by atoms with Gasteiger partial charge in [0.05, 0.1) is 0 Å². The minimum absolute atomic E-state index is 0.0612. The van der Waals surface area contributed by atoms with Gasteiger partial charge in [-0.15, -0.1) is 0 Å². The molecule has 0 amide bonds. The first-order valence-electron chi connectivity index (χ1n) is 4.69. The summed E-state index contributed by atoms with van der Waals surface area (Å²) in [4.78, 5) is 11.3. The van der Waals surface area contributed by atoms with E-state index in [9.17, 15) is 4.79 Å². The van der Waals surface area contributed by atoms with Gasteiger partial charge in [0, 0.05) is 16.2 Å². The fourth-order valence-corrected chi connectivity index (χ4v) is 1.65. The molecule has 0 aromatic heterocycles. The van der Waals surface area contributed by atoms with Crippen LogP contribution >= 0.6 is 11.6 Å². The van der Waals surface area contributed by atoms with E-state index in [2.05, 4.69) is 6.58 Å². The highest BCUT2D eigenvalue weighted by atomic mass is 35.5. The molecule has 0 fully saturated rings. The average Bonchev–Trinajstić information content (AvgIpc) is 2.17. The number of carbonyl (C=O) groups excluding carboxylic acids is 1. The standard InChI is InChI=1S/C13H13ClO/c1-4-6-11-7-5-8-12(14)13(11)9(2)10(3)15/h4-8H,2H2,1,3H3. The van der Waals surface area contributed by atoms with Gasteiger partial charge in [-0.05, 0) is 25.5 Å². The Morgan fingerprint density at radius 3 is 2.67 bits per heavy atom. The monoisotopic (exact) mass is 220 g/mol. The van der Waals surface area contributed by atoms with Crippen molar-refractivity contribution in [2.75, 3.05) is 0 Å². The molecule has 0 atom stereocenters. The number of allylic oxidation sites excluding steroid dienone is 2. The summed E-state index contributed by atoms with van der Waals surface area (Å²) >= 11 is 6.06. The minimum Gasteiger partial charge on any atom is -0.295 e.